The number of carbonyl (C=O) groups excluding carboxylic acids is 2. The van der Waals surface area contributed by atoms with Crippen molar-refractivity contribution in [3.63, 3.8) is 0 Å². The Kier molecular flexibility index (Phi) is 8.17. The molecule has 0 aliphatic carbocycles. The summed E-state index contributed by atoms with van der Waals surface area (Å²) in [6.07, 6.45) is 0.656. The Morgan fingerprint density at radius 1 is 1.03 bits per heavy atom. The second kappa shape index (κ2) is 10.6. The van der Waals surface area contributed by atoms with Crippen LogP contribution in [-0.4, -0.2) is 54.2 Å². The lowest BCUT2D eigenvalue weighted by Crippen LogP contribution is -2.30. The Labute approximate surface area is 170 Å². The predicted octanol–water partition coefficient (Wildman–Crippen LogP) is 1.82. The molecule has 0 fully saturated rings. The third kappa shape index (κ3) is 6.30. The maximum absolute atomic E-state index is 12.7. The number of esters is 1. The van der Waals surface area contributed by atoms with Crippen molar-refractivity contribution in [1.29, 1.82) is 0 Å². The molecule has 0 aliphatic heterocycles. The molecule has 2 rings (SSSR count). The molecule has 0 bridgehead atoms. The molecule has 8 nitrogen and oxygen atoms in total. The van der Waals surface area contributed by atoms with Crippen molar-refractivity contribution in [2.45, 2.75) is 11.3 Å². The van der Waals surface area contributed by atoms with Crippen molar-refractivity contribution in [3.8, 4) is 0 Å². The first-order valence-corrected chi connectivity index (χ1v) is 10.4. The highest BCUT2D eigenvalue weighted by atomic mass is 32.2. The van der Waals surface area contributed by atoms with Crippen molar-refractivity contribution >= 4 is 27.6 Å². The first-order valence-electron chi connectivity index (χ1n) is 8.93. The van der Waals surface area contributed by atoms with Gasteiger partial charge < -0.3 is 14.8 Å². The highest BCUT2D eigenvalue weighted by Gasteiger charge is 2.21. The number of rotatable bonds is 10. The summed E-state index contributed by atoms with van der Waals surface area (Å²) < 4.78 is 36.4. The molecule has 0 aromatic heterocycles. The van der Waals surface area contributed by atoms with E-state index >= 15 is 0 Å². The number of ether oxygens (including phenoxy) is 2. The van der Waals surface area contributed by atoms with Crippen molar-refractivity contribution in [2.75, 3.05) is 38.2 Å². The van der Waals surface area contributed by atoms with Gasteiger partial charge in [0.1, 0.15) is 0 Å². The average molecular weight is 420 g/mol. The topological polar surface area (TPSA) is 102 Å². The Morgan fingerprint density at radius 2 is 1.69 bits per heavy atom. The number of para-hydroxylation sites is 1. The van der Waals surface area contributed by atoms with E-state index in [-0.39, 0.29) is 10.5 Å². The summed E-state index contributed by atoms with van der Waals surface area (Å²) in [5.74, 6) is -1.13. The lowest BCUT2D eigenvalue weighted by Gasteiger charge is -2.19. The summed E-state index contributed by atoms with van der Waals surface area (Å²) in [4.78, 5) is 23.7. The molecule has 2 aromatic carbocycles. The second-order valence-corrected chi connectivity index (χ2v) is 8.07. The van der Waals surface area contributed by atoms with Crippen LogP contribution in [0.4, 0.5) is 5.69 Å². The Bertz CT molecular complexity index is 914. The molecule has 0 unspecified atom stereocenters. The average Bonchev–Trinajstić information content (AvgIpc) is 2.75. The first-order chi connectivity index (χ1) is 13.9. The van der Waals surface area contributed by atoms with E-state index < -0.39 is 28.5 Å². The molecule has 0 aliphatic rings. The molecular formula is C20H24N2O6S. The van der Waals surface area contributed by atoms with Crippen LogP contribution in [0.5, 0.6) is 0 Å². The molecule has 0 saturated heterocycles. The van der Waals surface area contributed by atoms with Crippen LogP contribution >= 0.6 is 0 Å². The first kappa shape index (κ1) is 22.4. The summed E-state index contributed by atoms with van der Waals surface area (Å²) in [5.41, 5.74) is 0.672. The second-order valence-electron chi connectivity index (χ2n) is 6.10. The Morgan fingerprint density at radius 3 is 2.31 bits per heavy atom. The number of nitrogens with zero attached hydrogens (tertiary/aromatic N) is 1. The molecule has 2 aromatic rings. The molecular weight excluding hydrogens is 396 g/mol. The number of hydrogen-bond donors (Lipinski definition) is 1. The van der Waals surface area contributed by atoms with Crippen molar-refractivity contribution in [2.24, 2.45) is 0 Å². The Hall–Kier alpha value is -2.91. The van der Waals surface area contributed by atoms with Crippen LogP contribution in [-0.2, 0) is 24.3 Å². The van der Waals surface area contributed by atoms with Gasteiger partial charge >= 0.3 is 5.97 Å². The fraction of sp³-hybridized carbons (Fsp3) is 0.300. The van der Waals surface area contributed by atoms with Gasteiger partial charge in [-0.2, -0.15) is 0 Å². The largest absolute Gasteiger partial charge is 0.452 e. The number of carbonyl (C=O) groups is 2. The van der Waals surface area contributed by atoms with E-state index in [4.69, 9.17) is 9.47 Å². The molecule has 0 spiro atoms. The van der Waals surface area contributed by atoms with E-state index in [9.17, 15) is 18.0 Å². The molecule has 0 saturated carbocycles. The van der Waals surface area contributed by atoms with Gasteiger partial charge in [-0.3, -0.25) is 9.10 Å². The van der Waals surface area contributed by atoms with Gasteiger partial charge in [-0.1, -0.05) is 18.2 Å². The lowest BCUT2D eigenvalue weighted by molar-refractivity contribution is -0.124. The molecule has 29 heavy (non-hydrogen) atoms. The molecule has 0 atom stereocenters. The number of anilines is 1. The molecule has 0 radical (unpaired) electrons. The Balaban J connectivity index is 1.95. The zero-order valence-corrected chi connectivity index (χ0v) is 17.1. The van der Waals surface area contributed by atoms with Gasteiger partial charge in [0.15, 0.2) is 6.61 Å². The summed E-state index contributed by atoms with van der Waals surface area (Å²) in [5, 5.41) is 2.60. The lowest BCUT2D eigenvalue weighted by atomic mass is 10.2. The number of nitrogens with one attached hydrogen (secondary N) is 1. The van der Waals surface area contributed by atoms with Crippen molar-refractivity contribution < 1.29 is 27.5 Å². The molecule has 1 N–H and O–H groups in total. The molecule has 1 amide bonds. The fourth-order valence-electron chi connectivity index (χ4n) is 2.41. The molecule has 9 heteroatoms. The van der Waals surface area contributed by atoms with Gasteiger partial charge in [0.05, 0.1) is 16.1 Å². The van der Waals surface area contributed by atoms with Crippen LogP contribution < -0.4 is 9.62 Å². The van der Waals surface area contributed by atoms with Gasteiger partial charge in [0, 0.05) is 27.3 Å². The van der Waals surface area contributed by atoms with E-state index in [0.29, 0.717) is 25.3 Å². The summed E-state index contributed by atoms with van der Waals surface area (Å²) in [7, 11) is -0.743. The quantitative estimate of drug-likeness (QED) is 0.465. The van der Waals surface area contributed by atoms with Crippen molar-refractivity contribution in [1.82, 2.24) is 5.32 Å². The smallest absolute Gasteiger partial charge is 0.338 e. The predicted molar refractivity (Wildman–Crippen MR) is 108 cm³/mol. The van der Waals surface area contributed by atoms with Crippen LogP contribution in [0.1, 0.15) is 16.8 Å². The summed E-state index contributed by atoms with van der Waals surface area (Å²) >= 11 is 0. The van der Waals surface area contributed by atoms with Gasteiger partial charge in [-0.25, -0.2) is 13.2 Å². The summed E-state index contributed by atoms with van der Waals surface area (Å²) in [6.45, 7) is 0.531. The fourth-order valence-corrected chi connectivity index (χ4v) is 3.60. The van der Waals surface area contributed by atoms with Crippen molar-refractivity contribution in [3.05, 3.63) is 60.2 Å². The van der Waals surface area contributed by atoms with Crippen LogP contribution in [0, 0.1) is 0 Å². The van der Waals surface area contributed by atoms with Gasteiger partial charge in [0.2, 0.25) is 0 Å². The van der Waals surface area contributed by atoms with Gasteiger partial charge in [-0.05, 0) is 42.8 Å². The normalized spacial score (nSPS) is 11.0. The van der Waals surface area contributed by atoms with E-state index in [0.717, 1.165) is 4.31 Å². The minimum absolute atomic E-state index is 0.0382. The summed E-state index contributed by atoms with van der Waals surface area (Å²) in [6, 6.07) is 14.0. The number of benzene rings is 2. The molecule has 156 valence electrons. The standard InChI is InChI=1S/C20H24N2O6S/c1-22(17-7-4-3-5-8-17)29(25,26)18-11-9-16(10-12-18)20(24)28-15-19(23)21-13-6-14-27-2/h3-5,7-12H,6,13-15H2,1-2H3,(H,21,23). The number of sulfonamides is 1. The maximum atomic E-state index is 12.7. The van der Waals surface area contributed by atoms with E-state index in [1.807, 2.05) is 0 Å². The zero-order chi connectivity index (χ0) is 21.3. The highest BCUT2D eigenvalue weighted by molar-refractivity contribution is 7.92. The van der Waals surface area contributed by atoms with E-state index in [1.165, 1.54) is 31.3 Å². The van der Waals surface area contributed by atoms with Gasteiger partial charge in [-0.15, -0.1) is 0 Å². The third-order valence-electron chi connectivity index (χ3n) is 4.05. The minimum atomic E-state index is -3.77. The van der Waals surface area contributed by atoms with Crippen LogP contribution in [0.3, 0.4) is 0 Å². The SMILES string of the molecule is COCCCNC(=O)COC(=O)c1ccc(S(=O)(=O)N(C)c2ccccc2)cc1. The van der Waals surface area contributed by atoms with E-state index in [1.54, 1.807) is 37.4 Å². The van der Waals surface area contributed by atoms with Gasteiger partial charge in [0.25, 0.3) is 15.9 Å². The number of methoxy groups -OCH3 is 1. The molecule has 0 heterocycles. The highest BCUT2D eigenvalue weighted by Crippen LogP contribution is 2.22. The third-order valence-corrected chi connectivity index (χ3v) is 5.85. The van der Waals surface area contributed by atoms with Crippen LogP contribution in [0.2, 0.25) is 0 Å². The number of hydrogen-bond acceptors (Lipinski definition) is 6. The zero-order valence-electron chi connectivity index (χ0n) is 16.3. The number of amides is 1. The maximum Gasteiger partial charge on any atom is 0.338 e. The van der Waals surface area contributed by atoms with E-state index in [2.05, 4.69) is 5.32 Å². The monoisotopic (exact) mass is 420 g/mol. The van der Waals surface area contributed by atoms with Crippen LogP contribution in [0.15, 0.2) is 59.5 Å². The minimum Gasteiger partial charge on any atom is -0.452 e. The van der Waals surface area contributed by atoms with Crippen LogP contribution in [0.25, 0.3) is 0 Å².